The zero-order valence-corrected chi connectivity index (χ0v) is 12.8. The Morgan fingerprint density at radius 3 is 3.00 bits per heavy atom. The van der Waals surface area contributed by atoms with E-state index >= 15 is 0 Å². The van der Waals surface area contributed by atoms with Crippen molar-refractivity contribution in [3.8, 4) is 11.4 Å². The van der Waals surface area contributed by atoms with E-state index in [1.807, 2.05) is 40.4 Å². The molecule has 0 bridgehead atoms. The van der Waals surface area contributed by atoms with Crippen molar-refractivity contribution in [2.24, 2.45) is 0 Å². The molecule has 6 heteroatoms. The molecule has 0 spiro atoms. The number of thiazole rings is 1. The lowest BCUT2D eigenvalue weighted by Gasteiger charge is -2.06. The Morgan fingerprint density at radius 1 is 1.24 bits per heavy atom. The summed E-state index contributed by atoms with van der Waals surface area (Å²) in [6.07, 6.45) is 0. The van der Waals surface area contributed by atoms with Crippen LogP contribution in [0.1, 0.15) is 0 Å². The second-order valence-corrected chi connectivity index (χ2v) is 5.93. The van der Waals surface area contributed by atoms with E-state index in [-0.39, 0.29) is 0 Å². The second kappa shape index (κ2) is 4.68. The highest BCUT2D eigenvalue weighted by molar-refractivity contribution is 7.71. The number of hydrogen-bond acceptors (Lipinski definition) is 4. The first-order chi connectivity index (χ1) is 10.3. The summed E-state index contributed by atoms with van der Waals surface area (Å²) >= 11 is 7.10. The number of benzene rings is 2. The van der Waals surface area contributed by atoms with E-state index in [0.717, 1.165) is 32.7 Å². The normalized spacial score (nSPS) is 11.3. The lowest BCUT2D eigenvalue weighted by Crippen LogP contribution is -1.94. The van der Waals surface area contributed by atoms with E-state index in [0.29, 0.717) is 4.77 Å². The molecule has 0 radical (unpaired) electrons. The van der Waals surface area contributed by atoms with Gasteiger partial charge in [0.25, 0.3) is 0 Å². The number of H-pyrrole nitrogens is 1. The number of aromatic nitrogens is 3. The van der Waals surface area contributed by atoms with Gasteiger partial charge in [0.15, 0.2) is 4.77 Å². The van der Waals surface area contributed by atoms with Crippen molar-refractivity contribution in [3.63, 3.8) is 0 Å². The Hall–Kier alpha value is -2.18. The van der Waals surface area contributed by atoms with Gasteiger partial charge in [-0.15, -0.1) is 11.3 Å². The van der Waals surface area contributed by atoms with Gasteiger partial charge in [0.2, 0.25) is 0 Å². The molecule has 4 aromatic rings. The number of nitrogens with one attached hydrogen (secondary N) is 1. The van der Waals surface area contributed by atoms with Crippen LogP contribution in [0.5, 0.6) is 5.75 Å². The van der Waals surface area contributed by atoms with E-state index in [1.165, 1.54) is 0 Å². The minimum absolute atomic E-state index is 0.669. The molecule has 0 unspecified atom stereocenters. The maximum absolute atomic E-state index is 5.47. The molecule has 0 aliphatic heterocycles. The Morgan fingerprint density at radius 2 is 2.14 bits per heavy atom. The molecule has 21 heavy (non-hydrogen) atoms. The molecular formula is C15H11N3OS2. The third-order valence-electron chi connectivity index (χ3n) is 3.46. The van der Waals surface area contributed by atoms with Gasteiger partial charge in [0, 0.05) is 11.8 Å². The molecule has 0 atom stereocenters. The maximum atomic E-state index is 5.47. The monoisotopic (exact) mass is 313 g/mol. The van der Waals surface area contributed by atoms with Gasteiger partial charge in [0.1, 0.15) is 5.75 Å². The van der Waals surface area contributed by atoms with Crippen molar-refractivity contribution >= 4 is 44.8 Å². The molecule has 0 amide bonds. The molecule has 1 N–H and O–H groups in total. The molecule has 0 aliphatic carbocycles. The third kappa shape index (κ3) is 1.95. The van der Waals surface area contributed by atoms with Crippen molar-refractivity contribution in [2.75, 3.05) is 7.11 Å². The molecule has 0 fully saturated rings. The second-order valence-electron chi connectivity index (χ2n) is 4.65. The third-order valence-corrected chi connectivity index (χ3v) is 4.54. The van der Waals surface area contributed by atoms with E-state index in [2.05, 4.69) is 16.0 Å². The molecule has 0 aliphatic rings. The average molecular weight is 313 g/mol. The summed E-state index contributed by atoms with van der Waals surface area (Å²) in [7, 11) is 1.66. The highest BCUT2D eigenvalue weighted by Crippen LogP contribution is 2.27. The highest BCUT2D eigenvalue weighted by atomic mass is 32.1. The summed E-state index contributed by atoms with van der Waals surface area (Å²) < 4.78 is 9.14. The Labute approximate surface area is 129 Å². The smallest absolute Gasteiger partial charge is 0.182 e. The first kappa shape index (κ1) is 12.6. The van der Waals surface area contributed by atoms with Crippen molar-refractivity contribution in [1.29, 1.82) is 0 Å². The average Bonchev–Trinajstić information content (AvgIpc) is 3.08. The number of imidazole rings is 1. The van der Waals surface area contributed by atoms with Crippen LogP contribution < -0.4 is 4.74 Å². The molecule has 0 saturated carbocycles. The summed E-state index contributed by atoms with van der Waals surface area (Å²) in [6, 6.07) is 12.0. The zero-order chi connectivity index (χ0) is 14.4. The van der Waals surface area contributed by atoms with Gasteiger partial charge in [-0.3, -0.25) is 4.57 Å². The van der Waals surface area contributed by atoms with E-state index in [1.54, 1.807) is 18.4 Å². The first-order valence-corrected chi connectivity index (χ1v) is 7.67. The fourth-order valence-electron chi connectivity index (χ4n) is 2.45. The lowest BCUT2D eigenvalue weighted by atomic mass is 10.2. The van der Waals surface area contributed by atoms with E-state index < -0.39 is 0 Å². The van der Waals surface area contributed by atoms with Crippen LogP contribution in [-0.2, 0) is 0 Å². The van der Waals surface area contributed by atoms with E-state index in [4.69, 9.17) is 17.0 Å². The molecule has 4 nitrogen and oxygen atoms in total. The quantitative estimate of drug-likeness (QED) is 0.561. The van der Waals surface area contributed by atoms with Crippen LogP contribution in [0.15, 0.2) is 41.9 Å². The number of fused-ring (bicyclic) bond motifs is 2. The number of nitrogens with zero attached hydrogens (tertiary/aromatic N) is 2. The largest absolute Gasteiger partial charge is 0.497 e. The Bertz CT molecular complexity index is 1010. The van der Waals surface area contributed by atoms with Crippen molar-refractivity contribution in [2.45, 2.75) is 0 Å². The van der Waals surface area contributed by atoms with Gasteiger partial charge in [-0.2, -0.15) is 0 Å². The SMILES string of the molecule is COc1ccc2[nH]c(=S)n(-c3ccc4ncsc4c3)c2c1. The molecule has 2 heterocycles. The number of rotatable bonds is 2. The van der Waals surface area contributed by atoms with Gasteiger partial charge < -0.3 is 9.72 Å². The van der Waals surface area contributed by atoms with Gasteiger partial charge in [-0.25, -0.2) is 4.98 Å². The number of methoxy groups -OCH3 is 1. The minimum atomic E-state index is 0.669. The molecule has 104 valence electrons. The predicted molar refractivity (Wildman–Crippen MR) is 88.2 cm³/mol. The maximum Gasteiger partial charge on any atom is 0.182 e. The van der Waals surface area contributed by atoms with Crippen LogP contribution >= 0.6 is 23.6 Å². The summed E-state index contributed by atoms with van der Waals surface area (Å²) in [4.78, 5) is 7.54. The lowest BCUT2D eigenvalue weighted by molar-refractivity contribution is 0.415. The highest BCUT2D eigenvalue weighted by Gasteiger charge is 2.09. The summed E-state index contributed by atoms with van der Waals surface area (Å²) in [6.45, 7) is 0. The standard InChI is InChI=1S/C15H11N3OS2/c1-19-10-3-5-11-13(7-10)18(15(20)17-11)9-2-4-12-14(6-9)21-8-16-12/h2-8H,1H3,(H,17,20). The van der Waals surface area contributed by atoms with E-state index in [9.17, 15) is 0 Å². The van der Waals surface area contributed by atoms with Gasteiger partial charge in [-0.05, 0) is 42.5 Å². The summed E-state index contributed by atoms with van der Waals surface area (Å²) in [5.41, 5.74) is 5.88. The summed E-state index contributed by atoms with van der Waals surface area (Å²) in [5.74, 6) is 0.809. The minimum Gasteiger partial charge on any atom is -0.497 e. The molecule has 0 saturated heterocycles. The number of aromatic amines is 1. The molecule has 4 rings (SSSR count). The fourth-order valence-corrected chi connectivity index (χ4v) is 3.47. The molecule has 2 aromatic heterocycles. The van der Waals surface area contributed by atoms with Crippen LogP contribution in [0.2, 0.25) is 0 Å². The first-order valence-electron chi connectivity index (χ1n) is 6.39. The molecular weight excluding hydrogens is 302 g/mol. The van der Waals surface area contributed by atoms with Gasteiger partial charge in [0.05, 0.1) is 33.9 Å². The van der Waals surface area contributed by atoms with Crippen LogP contribution in [0.3, 0.4) is 0 Å². The Balaban J connectivity index is 2.03. The number of ether oxygens (including phenoxy) is 1. The fraction of sp³-hybridized carbons (Fsp3) is 0.0667. The van der Waals surface area contributed by atoms with Crippen LogP contribution in [0.4, 0.5) is 0 Å². The van der Waals surface area contributed by atoms with Crippen molar-refractivity contribution in [1.82, 2.24) is 14.5 Å². The van der Waals surface area contributed by atoms with Crippen molar-refractivity contribution in [3.05, 3.63) is 46.7 Å². The van der Waals surface area contributed by atoms with Crippen LogP contribution in [0.25, 0.3) is 26.9 Å². The Kier molecular flexibility index (Phi) is 2.80. The van der Waals surface area contributed by atoms with Crippen molar-refractivity contribution < 1.29 is 4.74 Å². The zero-order valence-electron chi connectivity index (χ0n) is 11.2. The van der Waals surface area contributed by atoms with Gasteiger partial charge in [-0.1, -0.05) is 0 Å². The van der Waals surface area contributed by atoms with Crippen LogP contribution in [-0.4, -0.2) is 21.6 Å². The number of hydrogen-bond donors (Lipinski definition) is 1. The topological polar surface area (TPSA) is 42.8 Å². The van der Waals surface area contributed by atoms with Crippen LogP contribution in [0, 0.1) is 4.77 Å². The molecule has 2 aromatic carbocycles. The predicted octanol–water partition coefficient (Wildman–Crippen LogP) is 4.31. The summed E-state index contributed by atoms with van der Waals surface area (Å²) in [5, 5.41) is 0. The van der Waals surface area contributed by atoms with Gasteiger partial charge >= 0.3 is 0 Å².